The quantitative estimate of drug-likeness (QED) is 0.718. The Balaban J connectivity index is 1.83. The molecule has 0 N–H and O–H groups in total. The lowest BCUT2D eigenvalue weighted by molar-refractivity contribution is -0.0260. The zero-order valence-corrected chi connectivity index (χ0v) is 13.1. The smallest absolute Gasteiger partial charge is 0.0654 e. The van der Waals surface area contributed by atoms with Gasteiger partial charge in [-0.15, -0.1) is 0 Å². The monoisotopic (exact) mass is 272 g/mol. The van der Waals surface area contributed by atoms with Gasteiger partial charge in [0.1, 0.15) is 0 Å². The topological polar surface area (TPSA) is 9.23 Å². The molecule has 0 bridgehead atoms. The second kappa shape index (κ2) is 7.64. The van der Waals surface area contributed by atoms with Crippen molar-refractivity contribution in [1.82, 2.24) is 0 Å². The van der Waals surface area contributed by atoms with Crippen LogP contribution in [0.4, 0.5) is 0 Å². The molecule has 20 heavy (non-hydrogen) atoms. The van der Waals surface area contributed by atoms with Crippen LogP contribution in [0, 0.1) is 17.8 Å². The molecule has 0 heterocycles. The molecule has 0 aliphatic heterocycles. The molecule has 0 radical (unpaired) electrons. The van der Waals surface area contributed by atoms with E-state index in [1.165, 1.54) is 24.8 Å². The van der Waals surface area contributed by atoms with E-state index < -0.39 is 0 Å². The molecule has 1 aliphatic rings. The molecule has 3 unspecified atom stereocenters. The van der Waals surface area contributed by atoms with Crippen LogP contribution in [0.5, 0.6) is 0 Å². The van der Waals surface area contributed by atoms with Crippen molar-refractivity contribution in [3.05, 3.63) is 42.0 Å². The van der Waals surface area contributed by atoms with Crippen molar-refractivity contribution in [3.63, 3.8) is 0 Å². The van der Waals surface area contributed by atoms with Gasteiger partial charge in [-0.1, -0.05) is 69.7 Å². The summed E-state index contributed by atoms with van der Waals surface area (Å²) in [5.41, 5.74) is 1.24. The Kier molecular flexibility index (Phi) is 5.85. The molecule has 0 saturated heterocycles. The first-order valence-corrected chi connectivity index (χ1v) is 8.00. The summed E-state index contributed by atoms with van der Waals surface area (Å²) in [6.45, 7) is 7.75. The predicted molar refractivity (Wildman–Crippen MR) is 86.6 cm³/mol. The second-order valence-corrected chi connectivity index (χ2v) is 6.51. The molecule has 1 fully saturated rings. The van der Waals surface area contributed by atoms with Crippen molar-refractivity contribution < 1.29 is 4.74 Å². The van der Waals surface area contributed by atoms with E-state index in [4.69, 9.17) is 4.74 Å². The Bertz CT molecular complexity index is 407. The minimum Gasteiger partial charge on any atom is -0.374 e. The maximum absolute atomic E-state index is 6.16. The second-order valence-electron chi connectivity index (χ2n) is 6.51. The zero-order chi connectivity index (χ0) is 14.4. The van der Waals surface area contributed by atoms with Gasteiger partial charge < -0.3 is 4.74 Å². The molecule has 0 spiro atoms. The van der Waals surface area contributed by atoms with Crippen LogP contribution in [0.15, 0.2) is 36.4 Å². The lowest BCUT2D eigenvalue weighted by Crippen LogP contribution is -2.34. The van der Waals surface area contributed by atoms with Gasteiger partial charge in [0.25, 0.3) is 0 Å². The molecule has 2 rings (SSSR count). The maximum atomic E-state index is 6.16. The SMILES string of the molecule is CC1CCC(C(C)C)C(OC/C=C/c2ccccc2)C1. The fourth-order valence-corrected chi connectivity index (χ4v) is 3.23. The first kappa shape index (κ1) is 15.3. The Morgan fingerprint density at radius 2 is 1.95 bits per heavy atom. The van der Waals surface area contributed by atoms with Gasteiger partial charge in [-0.3, -0.25) is 0 Å². The van der Waals surface area contributed by atoms with Crippen LogP contribution in [0.25, 0.3) is 6.08 Å². The van der Waals surface area contributed by atoms with E-state index in [2.05, 4.69) is 57.2 Å². The van der Waals surface area contributed by atoms with Crippen molar-refractivity contribution in [3.8, 4) is 0 Å². The average molecular weight is 272 g/mol. The van der Waals surface area contributed by atoms with Crippen molar-refractivity contribution in [1.29, 1.82) is 0 Å². The summed E-state index contributed by atoms with van der Waals surface area (Å²) in [5.74, 6) is 2.27. The van der Waals surface area contributed by atoms with Gasteiger partial charge in [0.15, 0.2) is 0 Å². The summed E-state index contributed by atoms with van der Waals surface area (Å²) >= 11 is 0. The summed E-state index contributed by atoms with van der Waals surface area (Å²) in [5, 5.41) is 0. The minimum atomic E-state index is 0.444. The number of hydrogen-bond donors (Lipinski definition) is 0. The van der Waals surface area contributed by atoms with Crippen LogP contribution in [0.1, 0.15) is 45.6 Å². The van der Waals surface area contributed by atoms with Crippen LogP contribution in [0.3, 0.4) is 0 Å². The molecule has 0 amide bonds. The Morgan fingerprint density at radius 1 is 1.20 bits per heavy atom. The highest BCUT2D eigenvalue weighted by molar-refractivity contribution is 5.48. The number of rotatable bonds is 5. The largest absolute Gasteiger partial charge is 0.374 e. The first-order chi connectivity index (χ1) is 9.66. The predicted octanol–water partition coefficient (Wildman–Crippen LogP) is 5.18. The molecule has 3 atom stereocenters. The van der Waals surface area contributed by atoms with Gasteiger partial charge in [0.05, 0.1) is 12.7 Å². The van der Waals surface area contributed by atoms with Crippen LogP contribution >= 0.6 is 0 Å². The van der Waals surface area contributed by atoms with Gasteiger partial charge in [-0.25, -0.2) is 0 Å². The van der Waals surface area contributed by atoms with Gasteiger partial charge >= 0.3 is 0 Å². The third-order valence-corrected chi connectivity index (χ3v) is 4.48. The molecule has 0 aromatic heterocycles. The fraction of sp³-hybridized carbons (Fsp3) is 0.579. The zero-order valence-electron chi connectivity index (χ0n) is 13.1. The third-order valence-electron chi connectivity index (χ3n) is 4.48. The molecule has 1 heteroatoms. The van der Waals surface area contributed by atoms with Crippen molar-refractivity contribution in [2.75, 3.05) is 6.61 Å². The number of ether oxygens (including phenoxy) is 1. The van der Waals surface area contributed by atoms with Crippen molar-refractivity contribution in [2.24, 2.45) is 17.8 Å². The maximum Gasteiger partial charge on any atom is 0.0654 e. The third kappa shape index (κ3) is 4.49. The molecular formula is C19H28O. The van der Waals surface area contributed by atoms with Gasteiger partial charge in [-0.2, -0.15) is 0 Å². The fourth-order valence-electron chi connectivity index (χ4n) is 3.23. The van der Waals surface area contributed by atoms with Gasteiger partial charge in [0, 0.05) is 0 Å². The van der Waals surface area contributed by atoms with E-state index in [9.17, 15) is 0 Å². The van der Waals surface area contributed by atoms with E-state index >= 15 is 0 Å². The molecule has 1 aromatic carbocycles. The normalized spacial score (nSPS) is 27.3. The summed E-state index contributed by atoms with van der Waals surface area (Å²) < 4.78 is 6.16. The van der Waals surface area contributed by atoms with E-state index in [1.807, 2.05) is 6.07 Å². The van der Waals surface area contributed by atoms with E-state index in [0.29, 0.717) is 6.10 Å². The van der Waals surface area contributed by atoms with E-state index in [-0.39, 0.29) is 0 Å². The van der Waals surface area contributed by atoms with E-state index in [1.54, 1.807) is 0 Å². The van der Waals surface area contributed by atoms with Crippen LogP contribution in [-0.2, 0) is 4.74 Å². The van der Waals surface area contributed by atoms with Crippen molar-refractivity contribution >= 4 is 6.08 Å². The molecule has 110 valence electrons. The molecule has 1 saturated carbocycles. The van der Waals surface area contributed by atoms with E-state index in [0.717, 1.165) is 24.4 Å². The van der Waals surface area contributed by atoms with Gasteiger partial charge in [-0.05, 0) is 36.2 Å². The standard InChI is InChI=1S/C19H28O/c1-15(2)18-12-11-16(3)14-19(18)20-13-7-10-17-8-5-4-6-9-17/h4-10,15-16,18-19H,11-14H2,1-3H3/b10-7+. The van der Waals surface area contributed by atoms with Crippen LogP contribution < -0.4 is 0 Å². The van der Waals surface area contributed by atoms with Crippen LogP contribution in [-0.4, -0.2) is 12.7 Å². The molecule has 1 nitrogen and oxygen atoms in total. The Hall–Kier alpha value is -1.08. The first-order valence-electron chi connectivity index (χ1n) is 8.00. The highest BCUT2D eigenvalue weighted by Crippen LogP contribution is 2.35. The Labute approximate surface area is 124 Å². The summed E-state index contributed by atoms with van der Waals surface area (Å²) in [6.07, 6.45) is 8.65. The van der Waals surface area contributed by atoms with Gasteiger partial charge in [0.2, 0.25) is 0 Å². The number of hydrogen-bond acceptors (Lipinski definition) is 1. The molecule has 1 aromatic rings. The van der Waals surface area contributed by atoms with Crippen molar-refractivity contribution in [2.45, 2.75) is 46.1 Å². The molecular weight excluding hydrogens is 244 g/mol. The lowest BCUT2D eigenvalue weighted by atomic mass is 9.75. The summed E-state index contributed by atoms with van der Waals surface area (Å²) in [6, 6.07) is 10.4. The Morgan fingerprint density at radius 3 is 2.65 bits per heavy atom. The lowest BCUT2D eigenvalue weighted by Gasteiger charge is -2.37. The highest BCUT2D eigenvalue weighted by Gasteiger charge is 2.30. The van der Waals surface area contributed by atoms with Crippen LogP contribution in [0.2, 0.25) is 0 Å². The minimum absolute atomic E-state index is 0.444. The average Bonchev–Trinajstić information content (AvgIpc) is 2.44. The number of benzene rings is 1. The highest BCUT2D eigenvalue weighted by atomic mass is 16.5. The summed E-state index contributed by atoms with van der Waals surface area (Å²) in [4.78, 5) is 0. The summed E-state index contributed by atoms with van der Waals surface area (Å²) in [7, 11) is 0. The molecule has 1 aliphatic carbocycles.